The maximum absolute atomic E-state index is 12.9. The predicted octanol–water partition coefficient (Wildman–Crippen LogP) is 2.62. The van der Waals surface area contributed by atoms with Crippen LogP contribution in [0.25, 0.3) is 0 Å². The summed E-state index contributed by atoms with van der Waals surface area (Å²) in [4.78, 5) is 14.3. The molecule has 1 aliphatic rings. The fourth-order valence-corrected chi connectivity index (χ4v) is 4.70. The number of nitrogens with one attached hydrogen (secondary N) is 1. The number of hydrogen-bond donors (Lipinski definition) is 1. The highest BCUT2D eigenvalue weighted by Crippen LogP contribution is 2.23. The number of piperazine rings is 1. The average molecular weight is 389 g/mol. The molecule has 7 nitrogen and oxygen atoms in total. The van der Waals surface area contributed by atoms with Crippen molar-refractivity contribution in [1.29, 1.82) is 0 Å². The van der Waals surface area contributed by atoms with E-state index in [1.165, 1.54) is 23.5 Å². The number of carbonyl (C=O) groups is 1. The van der Waals surface area contributed by atoms with E-state index >= 15 is 0 Å². The van der Waals surface area contributed by atoms with Gasteiger partial charge in [0.25, 0.3) is 0 Å². The third-order valence-electron chi connectivity index (χ3n) is 4.54. The molecule has 144 valence electrons. The summed E-state index contributed by atoms with van der Waals surface area (Å²) >= 11 is 0. The van der Waals surface area contributed by atoms with Crippen molar-refractivity contribution in [3.63, 3.8) is 0 Å². The van der Waals surface area contributed by atoms with Gasteiger partial charge in [-0.15, -0.1) is 0 Å². The molecule has 3 rings (SSSR count). The van der Waals surface area contributed by atoms with Gasteiger partial charge in [0, 0.05) is 31.4 Å². The zero-order chi connectivity index (χ0) is 19.4. The van der Waals surface area contributed by atoms with Gasteiger partial charge in [-0.25, -0.2) is 13.2 Å². The van der Waals surface area contributed by atoms with E-state index in [0.717, 1.165) is 0 Å². The third kappa shape index (κ3) is 4.23. The van der Waals surface area contributed by atoms with Crippen molar-refractivity contribution < 1.29 is 17.9 Å². The second-order valence-electron chi connectivity index (χ2n) is 6.38. The number of hydrogen-bond acceptors (Lipinski definition) is 4. The lowest BCUT2D eigenvalue weighted by Crippen LogP contribution is -2.56. The van der Waals surface area contributed by atoms with Crippen molar-refractivity contribution in [2.24, 2.45) is 0 Å². The van der Waals surface area contributed by atoms with Crippen molar-refractivity contribution in [2.75, 3.05) is 32.1 Å². The van der Waals surface area contributed by atoms with Crippen LogP contribution in [-0.4, -0.2) is 56.4 Å². The molecule has 0 saturated carbocycles. The highest BCUT2D eigenvalue weighted by atomic mass is 32.2. The summed E-state index contributed by atoms with van der Waals surface area (Å²) < 4.78 is 32.4. The Balaban J connectivity index is 1.67. The smallest absolute Gasteiger partial charge is 0.321 e. The van der Waals surface area contributed by atoms with Crippen LogP contribution in [0, 0.1) is 0 Å². The zero-order valence-electron chi connectivity index (χ0n) is 15.3. The molecule has 0 aliphatic carbocycles. The van der Waals surface area contributed by atoms with Crippen LogP contribution < -0.4 is 10.1 Å². The Labute approximate surface area is 159 Å². The minimum atomic E-state index is -3.62. The Kier molecular flexibility index (Phi) is 5.67. The van der Waals surface area contributed by atoms with Crippen LogP contribution in [0.4, 0.5) is 10.5 Å². The molecule has 1 fully saturated rings. The van der Waals surface area contributed by atoms with E-state index in [2.05, 4.69) is 5.32 Å². The number of carbonyl (C=O) groups excluding carboxylic acids is 1. The Morgan fingerprint density at radius 2 is 1.74 bits per heavy atom. The fraction of sp³-hybridized carbons (Fsp3) is 0.316. The molecule has 1 saturated heterocycles. The molecule has 27 heavy (non-hydrogen) atoms. The summed E-state index contributed by atoms with van der Waals surface area (Å²) in [5, 5.41) is 2.84. The molecule has 1 N–H and O–H groups in total. The van der Waals surface area contributed by atoms with Gasteiger partial charge in [0.05, 0.1) is 12.0 Å². The molecule has 0 spiro atoms. The van der Waals surface area contributed by atoms with Crippen molar-refractivity contribution in [3.05, 3.63) is 54.6 Å². The first-order valence-electron chi connectivity index (χ1n) is 8.68. The second-order valence-corrected chi connectivity index (χ2v) is 8.27. The number of amides is 2. The molecule has 8 heteroatoms. The normalized spacial score (nSPS) is 18.1. The Bertz CT molecular complexity index is 885. The Morgan fingerprint density at radius 1 is 1.07 bits per heavy atom. The minimum absolute atomic E-state index is 0.220. The van der Waals surface area contributed by atoms with Gasteiger partial charge in [-0.1, -0.05) is 18.2 Å². The first-order valence-corrected chi connectivity index (χ1v) is 10.1. The first-order chi connectivity index (χ1) is 12.9. The number of methoxy groups -OCH3 is 1. The van der Waals surface area contributed by atoms with Gasteiger partial charge >= 0.3 is 6.03 Å². The van der Waals surface area contributed by atoms with E-state index in [9.17, 15) is 13.2 Å². The molecule has 2 amide bonds. The lowest BCUT2D eigenvalue weighted by Gasteiger charge is -2.38. The molecule has 2 aromatic rings. The molecule has 2 aromatic carbocycles. The molecular formula is C19H23N3O4S. The van der Waals surface area contributed by atoms with E-state index in [1.807, 2.05) is 37.3 Å². The number of benzene rings is 2. The summed E-state index contributed by atoms with van der Waals surface area (Å²) in [6, 6.07) is 15.0. The van der Waals surface area contributed by atoms with Crippen molar-refractivity contribution in [1.82, 2.24) is 9.21 Å². The maximum Gasteiger partial charge on any atom is 0.321 e. The molecular weight excluding hydrogens is 366 g/mol. The first kappa shape index (κ1) is 19.2. The highest BCUT2D eigenvalue weighted by Gasteiger charge is 2.35. The fourth-order valence-electron chi connectivity index (χ4n) is 3.09. The van der Waals surface area contributed by atoms with Gasteiger partial charge < -0.3 is 15.0 Å². The van der Waals surface area contributed by atoms with Crippen LogP contribution in [0.2, 0.25) is 0 Å². The molecule has 1 unspecified atom stereocenters. The summed E-state index contributed by atoms with van der Waals surface area (Å²) in [5.74, 6) is 0.601. The maximum atomic E-state index is 12.9. The van der Waals surface area contributed by atoms with E-state index in [4.69, 9.17) is 4.74 Å². The van der Waals surface area contributed by atoms with Crippen LogP contribution in [0.15, 0.2) is 59.5 Å². The van der Waals surface area contributed by atoms with E-state index < -0.39 is 10.0 Å². The van der Waals surface area contributed by atoms with Crippen LogP contribution in [0.1, 0.15) is 6.92 Å². The lowest BCUT2D eigenvalue weighted by atomic mass is 10.2. The van der Waals surface area contributed by atoms with Gasteiger partial charge in [-0.3, -0.25) is 0 Å². The van der Waals surface area contributed by atoms with Crippen LogP contribution >= 0.6 is 0 Å². The number of sulfonamides is 1. The van der Waals surface area contributed by atoms with Crippen molar-refractivity contribution >= 4 is 21.7 Å². The van der Waals surface area contributed by atoms with Crippen molar-refractivity contribution in [2.45, 2.75) is 17.9 Å². The highest BCUT2D eigenvalue weighted by molar-refractivity contribution is 7.89. The summed E-state index contributed by atoms with van der Waals surface area (Å²) in [6.45, 7) is 2.72. The van der Waals surface area contributed by atoms with Crippen LogP contribution in [0.5, 0.6) is 5.75 Å². The standard InChI is InChI=1S/C19H23N3O4S/c1-15-14-21(19(23)20-16-6-4-3-5-7-16)12-13-22(15)27(24,25)18-10-8-17(26-2)9-11-18/h3-11,15H,12-14H2,1-2H3,(H,20,23). The number of ether oxygens (including phenoxy) is 1. The van der Waals surface area contributed by atoms with Gasteiger partial charge in [-0.2, -0.15) is 4.31 Å². The van der Waals surface area contributed by atoms with Crippen molar-refractivity contribution in [3.8, 4) is 5.75 Å². The monoisotopic (exact) mass is 389 g/mol. The summed E-state index contributed by atoms with van der Waals surface area (Å²) in [6.07, 6.45) is 0. The number of nitrogens with zero attached hydrogens (tertiary/aromatic N) is 2. The minimum Gasteiger partial charge on any atom is -0.497 e. The van der Waals surface area contributed by atoms with Gasteiger partial charge in [0.2, 0.25) is 10.0 Å². The van der Waals surface area contributed by atoms with Gasteiger partial charge in [0.1, 0.15) is 5.75 Å². The average Bonchev–Trinajstić information content (AvgIpc) is 2.68. The summed E-state index contributed by atoms with van der Waals surface area (Å²) in [5.41, 5.74) is 0.712. The van der Waals surface area contributed by atoms with Crippen LogP contribution in [-0.2, 0) is 10.0 Å². The molecule has 1 atom stereocenters. The van der Waals surface area contributed by atoms with E-state index in [1.54, 1.807) is 17.0 Å². The Hall–Kier alpha value is -2.58. The molecule has 1 aliphatic heterocycles. The Morgan fingerprint density at radius 3 is 2.33 bits per heavy atom. The van der Waals surface area contributed by atoms with Crippen LogP contribution in [0.3, 0.4) is 0 Å². The van der Waals surface area contributed by atoms with E-state index in [-0.39, 0.29) is 23.5 Å². The van der Waals surface area contributed by atoms with E-state index in [0.29, 0.717) is 24.5 Å². The number of rotatable bonds is 4. The summed E-state index contributed by atoms with van der Waals surface area (Å²) in [7, 11) is -2.09. The number of para-hydroxylation sites is 1. The lowest BCUT2D eigenvalue weighted by molar-refractivity contribution is 0.157. The topological polar surface area (TPSA) is 79.0 Å². The second kappa shape index (κ2) is 7.98. The number of urea groups is 1. The molecule has 0 aromatic heterocycles. The molecule has 0 bridgehead atoms. The quantitative estimate of drug-likeness (QED) is 0.872. The predicted molar refractivity (Wildman–Crippen MR) is 103 cm³/mol. The number of anilines is 1. The molecule has 0 radical (unpaired) electrons. The zero-order valence-corrected chi connectivity index (χ0v) is 16.1. The third-order valence-corrected chi connectivity index (χ3v) is 6.57. The van der Waals surface area contributed by atoms with Gasteiger partial charge in [-0.05, 0) is 43.3 Å². The largest absolute Gasteiger partial charge is 0.497 e. The molecule has 1 heterocycles. The van der Waals surface area contributed by atoms with Gasteiger partial charge in [0.15, 0.2) is 0 Å². The SMILES string of the molecule is COc1ccc(S(=O)(=O)N2CCN(C(=O)Nc3ccccc3)CC2C)cc1.